The zero-order valence-electron chi connectivity index (χ0n) is 18.3. The maximum absolute atomic E-state index is 11.7. The van der Waals surface area contributed by atoms with Crippen molar-refractivity contribution in [2.75, 3.05) is 5.75 Å². The fourth-order valence-electron chi connectivity index (χ4n) is 3.39. The molecule has 0 aromatic carbocycles. The van der Waals surface area contributed by atoms with Gasteiger partial charge in [-0.15, -0.1) is 11.8 Å². The normalized spacial score (nSPS) is 22.7. The summed E-state index contributed by atoms with van der Waals surface area (Å²) in [6, 6.07) is 3.49. The number of aromatic nitrogens is 2. The van der Waals surface area contributed by atoms with Crippen LogP contribution in [0.25, 0.3) is 11.3 Å². The van der Waals surface area contributed by atoms with E-state index < -0.39 is 41.7 Å². The van der Waals surface area contributed by atoms with Gasteiger partial charge in [-0.1, -0.05) is 5.16 Å². The topological polar surface area (TPSA) is 127 Å². The first kappa shape index (κ1) is 23.6. The summed E-state index contributed by atoms with van der Waals surface area (Å²) >= 11 is 1.28. The summed E-state index contributed by atoms with van der Waals surface area (Å²) in [5, 5.41) is 3.93. The Bertz CT molecular complexity index is 971. The minimum absolute atomic E-state index is 0.282. The number of rotatable bonds is 6. The minimum Gasteiger partial charge on any atom is -0.474 e. The Labute approximate surface area is 188 Å². The van der Waals surface area contributed by atoms with Gasteiger partial charge in [0.1, 0.15) is 11.5 Å². The fraction of sp³-hybridized carbons (Fsp3) is 0.476. The summed E-state index contributed by atoms with van der Waals surface area (Å²) in [6.45, 7) is 7.35. The molecule has 0 N–H and O–H groups in total. The first-order valence-electron chi connectivity index (χ1n) is 9.85. The fourth-order valence-corrected chi connectivity index (χ4v) is 4.61. The van der Waals surface area contributed by atoms with Crippen molar-refractivity contribution in [2.24, 2.45) is 0 Å². The molecular weight excluding hydrogens is 440 g/mol. The van der Waals surface area contributed by atoms with Crippen LogP contribution in [0.2, 0.25) is 0 Å². The molecule has 1 saturated heterocycles. The SMILES string of the molecule is CC(=O)O[C@@H]1[C@@H](OC(C)=O)[C@H](OC(C)=O)CS[C@H]1Oc1ccc(-c2c(C)noc2C)nc1. The lowest BCUT2D eigenvalue weighted by molar-refractivity contribution is -0.186. The molecule has 0 unspecified atom stereocenters. The van der Waals surface area contributed by atoms with E-state index in [0.29, 0.717) is 17.2 Å². The van der Waals surface area contributed by atoms with E-state index in [2.05, 4.69) is 10.1 Å². The van der Waals surface area contributed by atoms with Crippen molar-refractivity contribution in [1.29, 1.82) is 0 Å². The zero-order chi connectivity index (χ0) is 23.4. The molecule has 3 heterocycles. The molecule has 0 bridgehead atoms. The molecule has 2 aromatic heterocycles. The van der Waals surface area contributed by atoms with Crippen molar-refractivity contribution >= 4 is 29.7 Å². The highest BCUT2D eigenvalue weighted by atomic mass is 32.2. The van der Waals surface area contributed by atoms with Gasteiger partial charge in [-0.25, -0.2) is 0 Å². The van der Waals surface area contributed by atoms with Crippen LogP contribution in [0.1, 0.15) is 32.2 Å². The van der Waals surface area contributed by atoms with Gasteiger partial charge in [0.15, 0.2) is 23.7 Å². The third-order valence-corrected chi connectivity index (χ3v) is 5.80. The van der Waals surface area contributed by atoms with Gasteiger partial charge in [-0.2, -0.15) is 0 Å². The molecule has 10 nitrogen and oxygen atoms in total. The van der Waals surface area contributed by atoms with Crippen LogP contribution in [0.5, 0.6) is 5.75 Å². The second-order valence-corrected chi connectivity index (χ2v) is 8.33. The third-order valence-electron chi connectivity index (χ3n) is 4.58. The third kappa shape index (κ3) is 5.58. The summed E-state index contributed by atoms with van der Waals surface area (Å²) in [4.78, 5) is 39.3. The van der Waals surface area contributed by atoms with Gasteiger partial charge >= 0.3 is 17.9 Å². The molecule has 11 heteroatoms. The van der Waals surface area contributed by atoms with Crippen LogP contribution in [0.3, 0.4) is 0 Å². The lowest BCUT2D eigenvalue weighted by Crippen LogP contribution is -2.55. The summed E-state index contributed by atoms with van der Waals surface area (Å²) in [5.41, 5.74) is 1.48. The molecule has 1 aliphatic heterocycles. The van der Waals surface area contributed by atoms with Crippen molar-refractivity contribution in [1.82, 2.24) is 10.1 Å². The first-order chi connectivity index (χ1) is 15.2. The lowest BCUT2D eigenvalue weighted by atomic mass is 10.1. The molecule has 1 fully saturated rings. The predicted molar refractivity (Wildman–Crippen MR) is 113 cm³/mol. The second-order valence-electron chi connectivity index (χ2n) is 7.19. The molecule has 172 valence electrons. The average Bonchev–Trinajstić information content (AvgIpc) is 3.04. The molecule has 3 rings (SSSR count). The Morgan fingerprint density at radius 3 is 2.19 bits per heavy atom. The van der Waals surface area contributed by atoms with Crippen LogP contribution >= 0.6 is 11.8 Å². The van der Waals surface area contributed by atoms with Crippen LogP contribution in [0.4, 0.5) is 0 Å². The van der Waals surface area contributed by atoms with E-state index in [9.17, 15) is 14.4 Å². The average molecular weight is 464 g/mol. The van der Waals surface area contributed by atoms with Gasteiger partial charge in [-0.3, -0.25) is 19.4 Å². The van der Waals surface area contributed by atoms with Gasteiger partial charge in [0.2, 0.25) is 0 Å². The highest BCUT2D eigenvalue weighted by Gasteiger charge is 2.47. The maximum atomic E-state index is 11.7. The van der Waals surface area contributed by atoms with Crippen molar-refractivity contribution in [3.05, 3.63) is 29.8 Å². The van der Waals surface area contributed by atoms with Crippen LogP contribution in [0, 0.1) is 13.8 Å². The van der Waals surface area contributed by atoms with E-state index in [1.165, 1.54) is 38.7 Å². The maximum Gasteiger partial charge on any atom is 0.303 e. The van der Waals surface area contributed by atoms with Crippen LogP contribution in [-0.2, 0) is 28.6 Å². The predicted octanol–water partition coefficient (Wildman–Crippen LogP) is 2.60. The van der Waals surface area contributed by atoms with Gasteiger partial charge in [0.25, 0.3) is 0 Å². The van der Waals surface area contributed by atoms with E-state index in [1.807, 2.05) is 6.92 Å². The number of hydrogen-bond acceptors (Lipinski definition) is 11. The molecule has 32 heavy (non-hydrogen) atoms. The van der Waals surface area contributed by atoms with E-state index >= 15 is 0 Å². The van der Waals surface area contributed by atoms with E-state index in [4.69, 9.17) is 23.5 Å². The Morgan fingerprint density at radius 1 is 1.00 bits per heavy atom. The number of aryl methyl sites for hydroxylation is 2. The molecule has 2 aromatic rings. The summed E-state index contributed by atoms with van der Waals surface area (Å²) in [6.07, 6.45) is -1.26. The summed E-state index contributed by atoms with van der Waals surface area (Å²) < 4.78 is 27.3. The Balaban J connectivity index is 1.82. The number of hydrogen-bond donors (Lipinski definition) is 0. The van der Waals surface area contributed by atoms with Crippen molar-refractivity contribution < 1.29 is 37.9 Å². The number of nitrogens with zero attached hydrogens (tertiary/aromatic N) is 2. The standard InChI is InChI=1S/C21H24N2O8S/c1-10-18(11(2)31-23-10)16-7-6-15(8-22-16)30-21-20(29-14(5)26)19(28-13(4)25)17(9-32-21)27-12(3)24/h6-8,17,19-21H,9H2,1-5H3/t17-,19+,20-,21-/m1/s1. The number of carbonyl (C=O) groups is 3. The van der Waals surface area contributed by atoms with E-state index in [0.717, 1.165) is 11.3 Å². The van der Waals surface area contributed by atoms with E-state index in [-0.39, 0.29) is 5.75 Å². The molecule has 1 aliphatic rings. The number of pyridine rings is 1. The molecule has 4 atom stereocenters. The van der Waals surface area contributed by atoms with Crippen LogP contribution < -0.4 is 4.74 Å². The van der Waals surface area contributed by atoms with Gasteiger partial charge in [0.05, 0.1) is 23.1 Å². The molecule has 0 spiro atoms. The Hall–Kier alpha value is -3.08. The Morgan fingerprint density at radius 2 is 1.66 bits per heavy atom. The summed E-state index contributed by atoms with van der Waals surface area (Å²) in [5.74, 6) is -0.361. The van der Waals surface area contributed by atoms with Gasteiger partial charge < -0.3 is 23.5 Å². The van der Waals surface area contributed by atoms with Gasteiger partial charge in [-0.05, 0) is 26.0 Å². The highest BCUT2D eigenvalue weighted by Crippen LogP contribution is 2.34. The van der Waals surface area contributed by atoms with Gasteiger partial charge in [0, 0.05) is 26.5 Å². The second kappa shape index (κ2) is 10.0. The highest BCUT2D eigenvalue weighted by molar-refractivity contribution is 7.99. The van der Waals surface area contributed by atoms with Crippen molar-refractivity contribution in [3.8, 4) is 17.0 Å². The number of thioether (sulfide) groups is 1. The summed E-state index contributed by atoms with van der Waals surface area (Å²) in [7, 11) is 0. The molecule has 0 saturated carbocycles. The number of esters is 3. The number of ether oxygens (including phenoxy) is 4. The molecular formula is C21H24N2O8S. The van der Waals surface area contributed by atoms with Crippen molar-refractivity contribution in [2.45, 2.75) is 58.4 Å². The van der Waals surface area contributed by atoms with Crippen molar-refractivity contribution in [3.63, 3.8) is 0 Å². The van der Waals surface area contributed by atoms with Crippen LogP contribution in [0.15, 0.2) is 22.9 Å². The quantitative estimate of drug-likeness (QED) is 0.462. The first-order valence-corrected chi connectivity index (χ1v) is 10.9. The smallest absolute Gasteiger partial charge is 0.303 e. The monoisotopic (exact) mass is 464 g/mol. The van der Waals surface area contributed by atoms with Crippen LogP contribution in [-0.4, -0.2) is 57.5 Å². The molecule has 0 radical (unpaired) electrons. The molecule has 0 aliphatic carbocycles. The lowest BCUT2D eigenvalue weighted by Gasteiger charge is -2.39. The zero-order valence-corrected chi connectivity index (χ0v) is 19.1. The largest absolute Gasteiger partial charge is 0.474 e. The Kier molecular flexibility index (Phi) is 7.39. The molecule has 0 amide bonds. The van der Waals surface area contributed by atoms with E-state index in [1.54, 1.807) is 19.1 Å². The number of carbonyl (C=O) groups excluding carboxylic acids is 3. The minimum atomic E-state index is -1.01.